The van der Waals surface area contributed by atoms with Crippen LogP contribution in [0.3, 0.4) is 0 Å². The molecule has 0 amide bonds. The second-order valence-electron chi connectivity index (χ2n) is 5.16. The van der Waals surface area contributed by atoms with Gasteiger partial charge in [-0.25, -0.2) is 13.1 Å². The number of nitrogen functional groups attached to an aromatic ring is 1. The predicted octanol–water partition coefficient (Wildman–Crippen LogP) is 1.83. The zero-order chi connectivity index (χ0) is 16.0. The molecule has 4 N–H and O–H groups in total. The van der Waals surface area contributed by atoms with Crippen molar-refractivity contribution < 1.29 is 13.5 Å². The number of aryl methyl sites for hydroxylation is 1. The van der Waals surface area contributed by atoms with Crippen molar-refractivity contribution >= 4 is 15.7 Å². The van der Waals surface area contributed by atoms with E-state index in [2.05, 4.69) is 4.72 Å². The lowest BCUT2D eigenvalue weighted by Gasteiger charge is -2.16. The minimum absolute atomic E-state index is 0.0234. The third kappa shape index (κ3) is 4.69. The first kappa shape index (κ1) is 17.9. The minimum atomic E-state index is -3.66. The van der Waals surface area contributed by atoms with E-state index in [1.54, 1.807) is 6.07 Å². The normalized spacial score (nSPS) is 13.3. The summed E-state index contributed by atoms with van der Waals surface area (Å²) < 4.78 is 27.4. The first-order valence-electron chi connectivity index (χ1n) is 7.44. The van der Waals surface area contributed by atoms with Crippen molar-refractivity contribution in [2.45, 2.75) is 57.5 Å². The van der Waals surface area contributed by atoms with Crippen LogP contribution in [0.2, 0.25) is 0 Å². The molecule has 5 nitrogen and oxygen atoms in total. The maximum Gasteiger partial charge on any atom is 0.241 e. The summed E-state index contributed by atoms with van der Waals surface area (Å²) in [5.41, 5.74) is 7.99. The molecule has 1 unspecified atom stereocenters. The van der Waals surface area contributed by atoms with Gasteiger partial charge in [0.15, 0.2) is 0 Å². The van der Waals surface area contributed by atoms with Crippen LogP contribution < -0.4 is 10.5 Å². The first-order valence-corrected chi connectivity index (χ1v) is 8.92. The second-order valence-corrected chi connectivity index (χ2v) is 6.90. The molecule has 0 heterocycles. The molecule has 0 radical (unpaired) electrons. The van der Waals surface area contributed by atoms with Crippen LogP contribution in [-0.2, 0) is 22.9 Å². The van der Waals surface area contributed by atoms with Crippen LogP contribution >= 0.6 is 0 Å². The molecule has 0 bridgehead atoms. The molecule has 1 aromatic rings. The van der Waals surface area contributed by atoms with Crippen LogP contribution in [0.4, 0.5) is 5.69 Å². The van der Waals surface area contributed by atoms with E-state index in [1.165, 1.54) is 0 Å². The number of sulfonamides is 1. The number of aliphatic hydroxyl groups excluding tert-OH is 1. The van der Waals surface area contributed by atoms with Crippen molar-refractivity contribution in [3.63, 3.8) is 0 Å². The highest BCUT2D eigenvalue weighted by Gasteiger charge is 2.21. The maximum absolute atomic E-state index is 12.5. The number of rotatable bonds is 8. The lowest BCUT2D eigenvalue weighted by Crippen LogP contribution is -2.32. The summed E-state index contributed by atoms with van der Waals surface area (Å²) in [6, 6.07) is 3.49. The van der Waals surface area contributed by atoms with E-state index in [4.69, 9.17) is 5.73 Å². The van der Waals surface area contributed by atoms with Crippen LogP contribution in [0.5, 0.6) is 0 Å². The van der Waals surface area contributed by atoms with Gasteiger partial charge in [0.05, 0.1) is 11.0 Å². The van der Waals surface area contributed by atoms with Crippen LogP contribution in [-0.4, -0.2) is 26.2 Å². The zero-order valence-electron chi connectivity index (χ0n) is 13.0. The molecule has 6 heteroatoms. The largest absolute Gasteiger partial charge is 0.398 e. The minimum Gasteiger partial charge on any atom is -0.398 e. The number of hydrogen-bond acceptors (Lipinski definition) is 4. The zero-order valence-corrected chi connectivity index (χ0v) is 13.8. The molecule has 120 valence electrons. The molecule has 0 aliphatic carbocycles. The van der Waals surface area contributed by atoms with Gasteiger partial charge in [-0.2, -0.15) is 0 Å². The Morgan fingerprint density at radius 2 is 1.90 bits per heavy atom. The molecule has 0 aromatic heterocycles. The van der Waals surface area contributed by atoms with Crippen LogP contribution in [0, 0.1) is 0 Å². The van der Waals surface area contributed by atoms with Crippen LogP contribution in [0.1, 0.15) is 44.7 Å². The molecular weight excluding hydrogens is 288 g/mol. The van der Waals surface area contributed by atoms with Gasteiger partial charge in [-0.1, -0.05) is 27.2 Å². The summed E-state index contributed by atoms with van der Waals surface area (Å²) in [7, 11) is -3.66. The smallest absolute Gasteiger partial charge is 0.241 e. The molecule has 0 spiro atoms. The summed E-state index contributed by atoms with van der Waals surface area (Å²) in [6.07, 6.45) is 1.97. The molecule has 0 fully saturated rings. The van der Waals surface area contributed by atoms with Crippen molar-refractivity contribution in [2.24, 2.45) is 0 Å². The Bertz CT molecular complexity index is 571. The Labute approximate surface area is 127 Å². The standard InChI is InChI=1S/C15H26N2O3S/c1-4-7-12(18)10-17-21(19,20)15-9-11(5-2)8-14(16)13(15)6-3/h8-9,12,17-18H,4-7,10,16H2,1-3H3. The topological polar surface area (TPSA) is 92.4 Å². The summed E-state index contributed by atoms with van der Waals surface area (Å²) in [6.45, 7) is 5.80. The van der Waals surface area contributed by atoms with E-state index in [0.29, 0.717) is 24.1 Å². The molecule has 0 saturated heterocycles. The number of nitrogens with one attached hydrogen (secondary N) is 1. The van der Waals surface area contributed by atoms with Gasteiger partial charge in [-0.3, -0.25) is 0 Å². The fraction of sp³-hybridized carbons (Fsp3) is 0.600. The Balaban J connectivity index is 3.09. The van der Waals surface area contributed by atoms with E-state index in [9.17, 15) is 13.5 Å². The molecule has 1 rings (SSSR count). The number of aliphatic hydroxyl groups is 1. The summed E-state index contributed by atoms with van der Waals surface area (Å²) >= 11 is 0. The molecule has 21 heavy (non-hydrogen) atoms. The van der Waals surface area contributed by atoms with Crippen molar-refractivity contribution in [1.82, 2.24) is 4.72 Å². The summed E-state index contributed by atoms with van der Waals surface area (Å²) in [4.78, 5) is 0.227. The average molecular weight is 314 g/mol. The fourth-order valence-electron chi connectivity index (χ4n) is 2.27. The molecule has 1 atom stereocenters. The third-order valence-electron chi connectivity index (χ3n) is 3.49. The van der Waals surface area contributed by atoms with E-state index in [0.717, 1.165) is 18.4 Å². The Morgan fingerprint density at radius 3 is 2.43 bits per heavy atom. The maximum atomic E-state index is 12.5. The number of hydrogen-bond donors (Lipinski definition) is 3. The predicted molar refractivity (Wildman–Crippen MR) is 85.7 cm³/mol. The van der Waals surface area contributed by atoms with E-state index < -0.39 is 16.1 Å². The van der Waals surface area contributed by atoms with Gasteiger partial charge in [0.25, 0.3) is 0 Å². The van der Waals surface area contributed by atoms with Crippen molar-refractivity contribution in [3.05, 3.63) is 23.3 Å². The number of nitrogens with two attached hydrogens (primary N) is 1. The monoisotopic (exact) mass is 314 g/mol. The highest BCUT2D eigenvalue weighted by molar-refractivity contribution is 7.89. The molecular formula is C15H26N2O3S. The first-order chi connectivity index (χ1) is 9.85. The summed E-state index contributed by atoms with van der Waals surface area (Å²) in [5.74, 6) is 0. The summed E-state index contributed by atoms with van der Waals surface area (Å²) in [5, 5.41) is 9.69. The second kappa shape index (κ2) is 7.77. The van der Waals surface area contributed by atoms with Gasteiger partial charge in [-0.05, 0) is 42.5 Å². The van der Waals surface area contributed by atoms with Crippen LogP contribution in [0.25, 0.3) is 0 Å². The highest BCUT2D eigenvalue weighted by atomic mass is 32.2. The fourth-order valence-corrected chi connectivity index (χ4v) is 3.73. The van der Waals surface area contributed by atoms with Crippen molar-refractivity contribution in [3.8, 4) is 0 Å². The molecule has 1 aromatic carbocycles. The van der Waals surface area contributed by atoms with Crippen molar-refractivity contribution in [1.29, 1.82) is 0 Å². The lowest BCUT2D eigenvalue weighted by molar-refractivity contribution is 0.167. The van der Waals surface area contributed by atoms with E-state index in [1.807, 2.05) is 26.8 Å². The molecule has 0 aliphatic rings. The Kier molecular flexibility index (Phi) is 6.64. The molecule has 0 saturated carbocycles. The van der Waals surface area contributed by atoms with E-state index in [-0.39, 0.29) is 11.4 Å². The molecule has 0 aliphatic heterocycles. The third-order valence-corrected chi connectivity index (χ3v) is 4.98. The van der Waals surface area contributed by atoms with Gasteiger partial charge in [0.2, 0.25) is 10.0 Å². The Hall–Kier alpha value is -1.11. The average Bonchev–Trinajstić information content (AvgIpc) is 2.44. The Morgan fingerprint density at radius 1 is 1.24 bits per heavy atom. The number of benzene rings is 1. The van der Waals surface area contributed by atoms with Gasteiger partial charge in [0, 0.05) is 12.2 Å². The quantitative estimate of drug-likeness (QED) is 0.638. The van der Waals surface area contributed by atoms with Gasteiger partial charge < -0.3 is 10.8 Å². The lowest BCUT2D eigenvalue weighted by atomic mass is 10.1. The number of anilines is 1. The van der Waals surface area contributed by atoms with Gasteiger partial charge >= 0.3 is 0 Å². The van der Waals surface area contributed by atoms with Gasteiger partial charge in [0.1, 0.15) is 0 Å². The van der Waals surface area contributed by atoms with E-state index >= 15 is 0 Å². The highest BCUT2D eigenvalue weighted by Crippen LogP contribution is 2.25. The van der Waals surface area contributed by atoms with Crippen LogP contribution in [0.15, 0.2) is 17.0 Å². The van der Waals surface area contributed by atoms with Crippen molar-refractivity contribution in [2.75, 3.05) is 12.3 Å². The SMILES string of the molecule is CCCC(O)CNS(=O)(=O)c1cc(CC)cc(N)c1CC. The van der Waals surface area contributed by atoms with Gasteiger partial charge in [-0.15, -0.1) is 0 Å².